The van der Waals surface area contributed by atoms with Gasteiger partial charge >= 0.3 is 5.97 Å². The Bertz CT molecular complexity index is 874. The first-order valence-electron chi connectivity index (χ1n) is 7.56. The molecule has 8 nitrogen and oxygen atoms in total. The lowest BCUT2D eigenvalue weighted by molar-refractivity contribution is -0.385. The Morgan fingerprint density at radius 2 is 1.96 bits per heavy atom. The third kappa shape index (κ3) is 4.96. The lowest BCUT2D eigenvalue weighted by Crippen LogP contribution is -2.18. The van der Waals surface area contributed by atoms with E-state index in [-0.39, 0.29) is 22.9 Å². The first-order chi connectivity index (χ1) is 12.3. The van der Waals surface area contributed by atoms with E-state index in [9.17, 15) is 24.5 Å². The third-order valence-corrected chi connectivity index (χ3v) is 4.54. The molecule has 1 aromatic carbocycles. The van der Waals surface area contributed by atoms with Gasteiger partial charge in [-0.25, -0.2) is 4.79 Å². The number of carbonyl (C=O) groups excluding carboxylic acids is 3. The summed E-state index contributed by atoms with van der Waals surface area (Å²) in [6.45, 7) is 2.81. The fourth-order valence-corrected chi connectivity index (χ4v) is 2.98. The van der Waals surface area contributed by atoms with Crippen LogP contribution in [0.3, 0.4) is 0 Å². The molecule has 1 aromatic heterocycles. The number of amides is 1. The van der Waals surface area contributed by atoms with Crippen molar-refractivity contribution in [2.75, 3.05) is 6.61 Å². The molecular weight excluding hydrogens is 360 g/mol. The van der Waals surface area contributed by atoms with Gasteiger partial charge in [0.05, 0.1) is 21.9 Å². The predicted molar refractivity (Wildman–Crippen MR) is 94.3 cm³/mol. The number of aryl methyl sites for hydroxylation is 1. The van der Waals surface area contributed by atoms with Gasteiger partial charge in [0.2, 0.25) is 11.7 Å². The Kier molecular flexibility index (Phi) is 6.18. The molecule has 0 saturated heterocycles. The van der Waals surface area contributed by atoms with Crippen LogP contribution in [0.5, 0.6) is 0 Å². The molecule has 1 heterocycles. The van der Waals surface area contributed by atoms with Crippen LogP contribution in [0.2, 0.25) is 0 Å². The second-order valence-corrected chi connectivity index (χ2v) is 6.60. The number of nitrogens with one attached hydrogen (secondary N) is 1. The van der Waals surface area contributed by atoms with Gasteiger partial charge in [-0.2, -0.15) is 0 Å². The molecule has 0 aliphatic carbocycles. The average molecular weight is 376 g/mol. The van der Waals surface area contributed by atoms with E-state index in [0.717, 1.165) is 4.88 Å². The highest BCUT2D eigenvalue weighted by molar-refractivity contribution is 7.14. The van der Waals surface area contributed by atoms with Crippen molar-refractivity contribution in [3.05, 3.63) is 61.3 Å². The number of ether oxygens (including phenoxy) is 1. The van der Waals surface area contributed by atoms with Crippen molar-refractivity contribution in [2.24, 2.45) is 0 Å². The summed E-state index contributed by atoms with van der Waals surface area (Å²) in [6.07, 6.45) is 0. The molecule has 0 radical (unpaired) electrons. The number of Topliss-reactive ketones (excluding diaryl/α,β-unsaturated/α-hetero) is 1. The zero-order valence-electron chi connectivity index (χ0n) is 14.1. The maximum Gasteiger partial charge on any atom is 0.338 e. The first kappa shape index (κ1) is 19.3. The molecule has 1 amide bonds. The highest BCUT2D eigenvalue weighted by Gasteiger charge is 2.17. The number of carbonyl (C=O) groups is 3. The lowest BCUT2D eigenvalue weighted by atomic mass is 10.1. The third-order valence-electron chi connectivity index (χ3n) is 3.41. The van der Waals surface area contributed by atoms with Crippen LogP contribution in [0.1, 0.15) is 37.4 Å². The van der Waals surface area contributed by atoms with Crippen LogP contribution < -0.4 is 5.32 Å². The van der Waals surface area contributed by atoms with Crippen LogP contribution in [0.25, 0.3) is 0 Å². The molecule has 1 N–H and O–H groups in total. The van der Waals surface area contributed by atoms with Gasteiger partial charge in [0.1, 0.15) is 0 Å². The summed E-state index contributed by atoms with van der Waals surface area (Å²) in [5.74, 6) is -1.26. The monoisotopic (exact) mass is 376 g/mol. The highest BCUT2D eigenvalue weighted by Crippen LogP contribution is 2.20. The van der Waals surface area contributed by atoms with Gasteiger partial charge in [-0.3, -0.25) is 19.7 Å². The van der Waals surface area contributed by atoms with E-state index in [1.807, 2.05) is 0 Å². The Balaban J connectivity index is 1.94. The van der Waals surface area contributed by atoms with Crippen LogP contribution >= 0.6 is 11.3 Å². The maximum atomic E-state index is 12.1. The first-order valence-corrected chi connectivity index (χ1v) is 8.38. The summed E-state index contributed by atoms with van der Waals surface area (Å²) in [6, 6.07) is 7.18. The Morgan fingerprint density at radius 1 is 1.23 bits per heavy atom. The summed E-state index contributed by atoms with van der Waals surface area (Å²) < 4.78 is 4.99. The summed E-state index contributed by atoms with van der Waals surface area (Å²) in [5.41, 5.74) is 0.373. The van der Waals surface area contributed by atoms with Crippen molar-refractivity contribution in [3.8, 4) is 0 Å². The van der Waals surface area contributed by atoms with Gasteiger partial charge in [-0.1, -0.05) is 0 Å². The SMILES string of the molecule is CC(=O)NCc1ccc(C(=O)COC(=O)c2ccc([N+](=O)[O-])c(C)c2)s1. The van der Waals surface area contributed by atoms with E-state index >= 15 is 0 Å². The fraction of sp³-hybridized carbons (Fsp3) is 0.235. The fourth-order valence-electron chi connectivity index (χ4n) is 2.11. The van der Waals surface area contributed by atoms with Crippen LogP contribution in [-0.4, -0.2) is 29.2 Å². The lowest BCUT2D eigenvalue weighted by Gasteiger charge is -2.04. The van der Waals surface area contributed by atoms with E-state index in [1.54, 1.807) is 12.1 Å². The Hall–Kier alpha value is -3.07. The van der Waals surface area contributed by atoms with Gasteiger partial charge in [0.25, 0.3) is 5.69 Å². The molecule has 2 rings (SSSR count). The molecule has 2 aromatic rings. The van der Waals surface area contributed by atoms with Gasteiger partial charge < -0.3 is 10.1 Å². The summed E-state index contributed by atoms with van der Waals surface area (Å²) >= 11 is 1.21. The number of nitro groups is 1. The molecule has 0 atom stereocenters. The zero-order valence-corrected chi connectivity index (χ0v) is 14.9. The number of ketones is 1. The molecule has 9 heteroatoms. The van der Waals surface area contributed by atoms with Crippen LogP contribution in [0.4, 0.5) is 5.69 Å². The topological polar surface area (TPSA) is 116 Å². The largest absolute Gasteiger partial charge is 0.454 e. The van der Waals surface area contributed by atoms with Gasteiger partial charge in [-0.05, 0) is 31.2 Å². The minimum atomic E-state index is -0.730. The average Bonchev–Trinajstić information content (AvgIpc) is 3.06. The quantitative estimate of drug-likeness (QED) is 0.344. The van der Waals surface area contributed by atoms with Crippen molar-refractivity contribution < 1.29 is 24.0 Å². The molecule has 0 aliphatic heterocycles. The highest BCUT2D eigenvalue weighted by atomic mass is 32.1. The smallest absolute Gasteiger partial charge is 0.338 e. The van der Waals surface area contributed by atoms with E-state index < -0.39 is 17.5 Å². The van der Waals surface area contributed by atoms with Crippen molar-refractivity contribution >= 4 is 34.7 Å². The predicted octanol–water partition coefficient (Wildman–Crippen LogP) is 2.64. The number of rotatable bonds is 7. The molecule has 0 bridgehead atoms. The minimum Gasteiger partial charge on any atom is -0.454 e. The molecule has 0 fully saturated rings. The number of thiophene rings is 1. The molecule has 0 saturated carbocycles. The van der Waals surface area contributed by atoms with Crippen LogP contribution in [0.15, 0.2) is 30.3 Å². The van der Waals surface area contributed by atoms with E-state index in [4.69, 9.17) is 4.74 Å². The van der Waals surface area contributed by atoms with Gasteiger partial charge in [-0.15, -0.1) is 11.3 Å². The zero-order chi connectivity index (χ0) is 19.3. The second kappa shape index (κ2) is 8.34. The van der Waals surface area contributed by atoms with Crippen molar-refractivity contribution in [2.45, 2.75) is 20.4 Å². The Labute approximate surface area is 152 Å². The Morgan fingerprint density at radius 3 is 2.58 bits per heavy atom. The van der Waals surface area contributed by atoms with E-state index in [2.05, 4.69) is 5.32 Å². The number of benzene rings is 1. The van der Waals surface area contributed by atoms with Crippen molar-refractivity contribution in [1.29, 1.82) is 0 Å². The molecule has 0 spiro atoms. The number of esters is 1. The van der Waals surface area contributed by atoms with E-state index in [0.29, 0.717) is 17.0 Å². The molecule has 26 heavy (non-hydrogen) atoms. The standard InChI is InChI=1S/C17H16N2O6S/c1-10-7-12(3-5-14(10)19(23)24)17(22)25-9-15(21)16-6-4-13(26-16)8-18-11(2)20/h3-7H,8-9H2,1-2H3,(H,18,20). The van der Waals surface area contributed by atoms with Crippen LogP contribution in [-0.2, 0) is 16.1 Å². The van der Waals surface area contributed by atoms with Crippen LogP contribution in [0, 0.1) is 17.0 Å². The summed E-state index contributed by atoms with van der Waals surface area (Å²) in [5, 5.41) is 13.4. The molecule has 136 valence electrons. The number of nitro benzene ring substituents is 1. The molecule has 0 unspecified atom stereocenters. The summed E-state index contributed by atoms with van der Waals surface area (Å²) in [7, 11) is 0. The van der Waals surface area contributed by atoms with E-state index in [1.165, 1.54) is 43.4 Å². The van der Waals surface area contributed by atoms with Gasteiger partial charge in [0.15, 0.2) is 6.61 Å². The molecule has 0 aliphatic rings. The van der Waals surface area contributed by atoms with Gasteiger partial charge in [0, 0.05) is 23.4 Å². The minimum absolute atomic E-state index is 0.0945. The summed E-state index contributed by atoms with van der Waals surface area (Å²) in [4.78, 5) is 46.5. The molecular formula is C17H16N2O6S. The van der Waals surface area contributed by atoms with Crippen molar-refractivity contribution in [3.63, 3.8) is 0 Å². The second-order valence-electron chi connectivity index (χ2n) is 5.43. The van der Waals surface area contributed by atoms with Crippen molar-refractivity contribution in [1.82, 2.24) is 5.32 Å². The number of hydrogen-bond donors (Lipinski definition) is 1. The maximum absolute atomic E-state index is 12.1. The number of nitrogens with zero attached hydrogens (tertiary/aromatic N) is 1. The normalized spacial score (nSPS) is 10.2. The number of hydrogen-bond acceptors (Lipinski definition) is 7.